The normalized spacial score (nSPS) is 21.2. The molecule has 2 amide bonds. The molecule has 1 aliphatic carbocycles. The first-order chi connectivity index (χ1) is 14.2. The van der Waals surface area contributed by atoms with Crippen LogP contribution in [-0.2, 0) is 16.0 Å². The van der Waals surface area contributed by atoms with Crippen molar-refractivity contribution < 1.29 is 39.4 Å². The summed E-state index contributed by atoms with van der Waals surface area (Å²) in [4.78, 5) is 37.0. The summed E-state index contributed by atoms with van der Waals surface area (Å²) >= 11 is 0. The van der Waals surface area contributed by atoms with Gasteiger partial charge < -0.3 is 35.6 Å². The van der Waals surface area contributed by atoms with Gasteiger partial charge in [0, 0.05) is 11.8 Å². The molecule has 2 fully saturated rings. The Morgan fingerprint density at radius 3 is 2.40 bits per heavy atom. The van der Waals surface area contributed by atoms with Crippen molar-refractivity contribution in [2.75, 3.05) is 13.1 Å². The van der Waals surface area contributed by atoms with Crippen LogP contribution in [0.1, 0.15) is 35.2 Å². The minimum absolute atomic E-state index is 0.0138. The van der Waals surface area contributed by atoms with E-state index >= 15 is 0 Å². The molecule has 1 aromatic rings. The number of carbonyl (C=O) groups is 3. The minimum atomic E-state index is -1.56. The van der Waals surface area contributed by atoms with E-state index in [2.05, 4.69) is 0 Å². The zero-order valence-corrected chi connectivity index (χ0v) is 16.4. The van der Waals surface area contributed by atoms with Gasteiger partial charge in [-0.05, 0) is 43.6 Å². The van der Waals surface area contributed by atoms with Gasteiger partial charge in [-0.15, -0.1) is 0 Å². The molecule has 0 aromatic heterocycles. The molecule has 1 heterocycles. The van der Waals surface area contributed by atoms with E-state index in [0.29, 0.717) is 19.3 Å². The lowest BCUT2D eigenvalue weighted by Gasteiger charge is -2.40. The molecule has 162 valence electrons. The molecular weight excluding hydrogens is 395 g/mol. The molecule has 1 aromatic carbocycles. The number of nitrogens with two attached hydrogens (primary N) is 1. The number of ether oxygens (including phenoxy) is 1. The largest absolute Gasteiger partial charge is 0.507 e. The smallest absolute Gasteiger partial charge is 0.451 e. The van der Waals surface area contributed by atoms with Gasteiger partial charge in [0.15, 0.2) is 0 Å². The number of benzene rings is 1. The second-order valence-electron chi connectivity index (χ2n) is 7.86. The van der Waals surface area contributed by atoms with Crippen LogP contribution in [0.2, 0.25) is 6.32 Å². The number of carbonyl (C=O) groups excluding carboxylic acids is 2. The number of likely N-dealkylation sites (tertiary alicyclic amines) is 1. The average Bonchev–Trinajstić information content (AvgIpc) is 3.13. The molecule has 6 N–H and O–H groups in total. The molecule has 0 unspecified atom stereocenters. The summed E-state index contributed by atoms with van der Waals surface area (Å²) in [6.45, 7) is 0.573. The van der Waals surface area contributed by atoms with Crippen LogP contribution < -0.4 is 10.5 Å². The molecule has 1 saturated carbocycles. The Hall–Kier alpha value is -2.79. The van der Waals surface area contributed by atoms with Gasteiger partial charge in [-0.2, -0.15) is 0 Å². The number of hydrogen-bond acceptors (Lipinski definition) is 7. The molecule has 30 heavy (non-hydrogen) atoms. The highest BCUT2D eigenvalue weighted by Crippen LogP contribution is 2.36. The van der Waals surface area contributed by atoms with Gasteiger partial charge in [-0.25, -0.2) is 4.79 Å². The predicted molar refractivity (Wildman–Crippen MR) is 105 cm³/mol. The van der Waals surface area contributed by atoms with Gasteiger partial charge >= 0.3 is 13.1 Å². The van der Waals surface area contributed by atoms with Crippen molar-refractivity contribution in [3.8, 4) is 11.5 Å². The number of rotatable bonds is 8. The molecule has 1 aliphatic heterocycles. The highest BCUT2D eigenvalue weighted by atomic mass is 16.5. The number of nitrogens with zero attached hydrogens (tertiary/aromatic N) is 1. The van der Waals surface area contributed by atoms with Crippen molar-refractivity contribution in [2.24, 2.45) is 17.6 Å². The molecule has 0 radical (unpaired) electrons. The van der Waals surface area contributed by atoms with Crippen molar-refractivity contribution in [1.82, 2.24) is 4.90 Å². The molecule has 11 heteroatoms. The lowest BCUT2D eigenvalue weighted by molar-refractivity contribution is -0.144. The number of aromatic carboxylic acids is 1. The van der Waals surface area contributed by atoms with Gasteiger partial charge in [-0.1, -0.05) is 6.07 Å². The fourth-order valence-corrected chi connectivity index (χ4v) is 4.00. The Balaban J connectivity index is 1.60. The fraction of sp³-hybridized carbons (Fsp3) is 0.526. The molecule has 0 bridgehead atoms. The van der Waals surface area contributed by atoms with Gasteiger partial charge in [-0.3, -0.25) is 9.59 Å². The van der Waals surface area contributed by atoms with Crippen molar-refractivity contribution in [3.63, 3.8) is 0 Å². The van der Waals surface area contributed by atoms with Crippen molar-refractivity contribution in [2.45, 2.75) is 38.1 Å². The summed E-state index contributed by atoms with van der Waals surface area (Å²) in [5.74, 6) is -2.80. The van der Waals surface area contributed by atoms with E-state index in [0.717, 1.165) is 0 Å². The highest BCUT2D eigenvalue weighted by molar-refractivity contribution is 6.41. The number of primary amides is 1. The Morgan fingerprint density at radius 1 is 1.17 bits per heavy atom. The van der Waals surface area contributed by atoms with Crippen LogP contribution in [0.15, 0.2) is 12.1 Å². The van der Waals surface area contributed by atoms with Crippen LogP contribution in [-0.4, -0.2) is 69.3 Å². The summed E-state index contributed by atoms with van der Waals surface area (Å²) in [5.41, 5.74) is 5.18. The maximum Gasteiger partial charge on any atom is 0.451 e. The second kappa shape index (κ2) is 8.92. The highest BCUT2D eigenvalue weighted by Gasteiger charge is 2.40. The predicted octanol–water partition coefficient (Wildman–Crippen LogP) is -0.403. The molecule has 2 atom stereocenters. The number of hydrogen-bond donors (Lipinski definition) is 5. The Morgan fingerprint density at radius 2 is 1.83 bits per heavy atom. The Bertz CT molecular complexity index is 840. The molecule has 0 spiro atoms. The number of carboxylic acid groups (broad SMARTS) is 1. The number of aromatic hydroxyl groups is 1. The molecule has 3 rings (SSSR count). The van der Waals surface area contributed by atoms with E-state index in [-0.39, 0.29) is 60.8 Å². The Labute approximate surface area is 173 Å². The lowest BCUT2D eigenvalue weighted by atomic mass is 9.82. The second-order valence-corrected chi connectivity index (χ2v) is 7.86. The first-order valence-corrected chi connectivity index (χ1v) is 9.86. The van der Waals surface area contributed by atoms with E-state index in [4.69, 9.17) is 20.5 Å². The van der Waals surface area contributed by atoms with Crippen molar-refractivity contribution in [1.29, 1.82) is 0 Å². The number of carboxylic acids is 1. The van der Waals surface area contributed by atoms with Crippen LogP contribution in [0.5, 0.6) is 11.5 Å². The topological polar surface area (TPSA) is 171 Å². The zero-order chi connectivity index (χ0) is 22.0. The first-order valence-electron chi connectivity index (χ1n) is 9.86. The molecular formula is C19H25BN2O8. The van der Waals surface area contributed by atoms with Gasteiger partial charge in [0.1, 0.15) is 23.2 Å². The van der Waals surface area contributed by atoms with Gasteiger partial charge in [0.25, 0.3) is 0 Å². The van der Waals surface area contributed by atoms with Gasteiger partial charge in [0.2, 0.25) is 11.8 Å². The van der Waals surface area contributed by atoms with Crippen LogP contribution in [0.4, 0.5) is 0 Å². The third kappa shape index (κ3) is 4.68. The van der Waals surface area contributed by atoms with Crippen LogP contribution in [0.25, 0.3) is 0 Å². The lowest BCUT2D eigenvalue weighted by Crippen LogP contribution is -2.57. The molecule has 1 saturated heterocycles. The third-order valence-electron chi connectivity index (χ3n) is 5.75. The maximum atomic E-state index is 12.5. The summed E-state index contributed by atoms with van der Waals surface area (Å²) in [7, 11) is -1.56. The van der Waals surface area contributed by atoms with Gasteiger partial charge in [0.05, 0.1) is 13.1 Å². The van der Waals surface area contributed by atoms with Crippen LogP contribution in [0, 0.1) is 11.8 Å². The zero-order valence-electron chi connectivity index (χ0n) is 16.4. The number of phenols is 1. The SMILES string of the molecule is NC(=O)[C@@H]1CC[C@H](C(=O)N2CC(Oc3ccc(CCB(O)O)c(O)c3C(=O)O)C2)C1. The molecule has 2 aliphatic rings. The standard InChI is InChI=1S/C19H25BN2O8/c21-17(24)11-1-2-12(7-11)18(25)22-8-13(9-22)30-14-4-3-10(5-6-20(28)29)16(23)15(14)19(26)27/h3-4,11-13,23,28-29H,1-2,5-9H2,(H2,21,24)(H,26,27)/t11-,12+/m1/s1. The minimum Gasteiger partial charge on any atom is -0.507 e. The first kappa shape index (κ1) is 21.9. The van der Waals surface area contributed by atoms with E-state index < -0.39 is 30.5 Å². The Kier molecular flexibility index (Phi) is 6.52. The fourth-order valence-electron chi connectivity index (χ4n) is 4.00. The average molecular weight is 420 g/mol. The van der Waals surface area contributed by atoms with Crippen molar-refractivity contribution >= 4 is 24.9 Å². The summed E-state index contributed by atoms with van der Waals surface area (Å²) in [5, 5.41) is 37.7. The summed E-state index contributed by atoms with van der Waals surface area (Å²) in [6, 6.07) is 2.89. The van der Waals surface area contributed by atoms with E-state index in [1.807, 2.05) is 0 Å². The quantitative estimate of drug-likeness (QED) is 0.354. The van der Waals surface area contributed by atoms with E-state index in [1.54, 1.807) is 4.90 Å². The number of amides is 2. The van der Waals surface area contributed by atoms with Crippen LogP contribution >= 0.6 is 0 Å². The summed E-state index contributed by atoms with van der Waals surface area (Å²) in [6.07, 6.45) is 1.31. The van der Waals surface area contributed by atoms with Crippen molar-refractivity contribution in [3.05, 3.63) is 23.3 Å². The van der Waals surface area contributed by atoms with E-state index in [9.17, 15) is 24.6 Å². The number of aryl methyl sites for hydroxylation is 1. The third-order valence-corrected chi connectivity index (χ3v) is 5.75. The van der Waals surface area contributed by atoms with E-state index in [1.165, 1.54) is 12.1 Å². The summed E-state index contributed by atoms with van der Waals surface area (Å²) < 4.78 is 5.70. The monoisotopic (exact) mass is 420 g/mol. The van der Waals surface area contributed by atoms with Crippen LogP contribution in [0.3, 0.4) is 0 Å². The molecule has 10 nitrogen and oxygen atoms in total. The maximum absolute atomic E-state index is 12.5.